The molecular formula is C25H19N5O3. The summed E-state index contributed by atoms with van der Waals surface area (Å²) in [4.78, 5) is 28.9. The minimum absolute atomic E-state index is 0.138. The molecule has 3 heterocycles. The van der Waals surface area contributed by atoms with Crippen LogP contribution in [-0.4, -0.2) is 16.8 Å². The lowest BCUT2D eigenvalue weighted by atomic mass is 9.97. The summed E-state index contributed by atoms with van der Waals surface area (Å²) in [5.74, 6) is -0.469. The van der Waals surface area contributed by atoms with Gasteiger partial charge in [0.15, 0.2) is 0 Å². The number of nitrogens with two attached hydrogens (primary N) is 2. The second kappa shape index (κ2) is 7.21. The first-order chi connectivity index (χ1) is 15.8. The first-order valence-corrected chi connectivity index (χ1v) is 10.2. The highest BCUT2D eigenvalue weighted by Crippen LogP contribution is 2.42. The number of nitriles is 1. The van der Waals surface area contributed by atoms with Crippen molar-refractivity contribution in [2.45, 2.75) is 20.4 Å². The monoisotopic (exact) mass is 437 g/mol. The zero-order valence-corrected chi connectivity index (χ0v) is 17.9. The Morgan fingerprint density at radius 2 is 1.76 bits per heavy atom. The van der Waals surface area contributed by atoms with Gasteiger partial charge in [0.05, 0.1) is 17.2 Å². The van der Waals surface area contributed by atoms with Gasteiger partial charge in [-0.25, -0.2) is 4.98 Å². The van der Waals surface area contributed by atoms with Gasteiger partial charge in [-0.2, -0.15) is 5.26 Å². The molecule has 0 saturated heterocycles. The maximum atomic E-state index is 12.9. The molecule has 3 aromatic heterocycles. The van der Waals surface area contributed by atoms with Crippen molar-refractivity contribution in [3.8, 4) is 6.07 Å². The van der Waals surface area contributed by atoms with Crippen LogP contribution in [0.15, 0.2) is 40.8 Å². The number of rotatable bonds is 4. The molecule has 0 atom stereocenters. The molecule has 2 bridgehead atoms. The lowest BCUT2D eigenvalue weighted by molar-refractivity contribution is 0.0949. The lowest BCUT2D eigenvalue weighted by Crippen LogP contribution is -2.24. The fraction of sp³-hybridized carbons (Fsp3) is 0.120. The van der Waals surface area contributed by atoms with Crippen LogP contribution < -0.4 is 16.8 Å². The first-order valence-electron chi connectivity index (χ1n) is 10.2. The SMILES string of the molecule is Cc1cc(N)nc(C)c1CNC(=O)c1ccc2c(c1)c1oc2c2cc(C#N)c(C(N)=O)cc21. The predicted molar refractivity (Wildman–Crippen MR) is 125 cm³/mol. The minimum atomic E-state index is -0.682. The van der Waals surface area contributed by atoms with Crippen LogP contribution in [0.2, 0.25) is 0 Å². The number of furan rings is 2. The fourth-order valence-electron chi connectivity index (χ4n) is 4.38. The van der Waals surface area contributed by atoms with E-state index < -0.39 is 5.91 Å². The maximum absolute atomic E-state index is 12.9. The topological polar surface area (TPSA) is 148 Å². The zero-order chi connectivity index (χ0) is 23.4. The zero-order valence-electron chi connectivity index (χ0n) is 17.9. The molecule has 5 aromatic rings. The van der Waals surface area contributed by atoms with E-state index in [2.05, 4.69) is 10.3 Å². The van der Waals surface area contributed by atoms with Gasteiger partial charge in [-0.3, -0.25) is 9.59 Å². The number of fused-ring (bicyclic) bond motifs is 8. The highest BCUT2D eigenvalue weighted by Gasteiger charge is 2.22. The number of hydrogen-bond donors (Lipinski definition) is 3. The molecular weight excluding hydrogens is 418 g/mol. The van der Waals surface area contributed by atoms with E-state index >= 15 is 0 Å². The molecule has 0 aliphatic rings. The second-order valence-corrected chi connectivity index (χ2v) is 8.05. The number of carbonyl (C=O) groups excluding carboxylic acids is 2. The minimum Gasteiger partial charge on any atom is -0.455 e. The number of amides is 2. The average molecular weight is 437 g/mol. The van der Waals surface area contributed by atoms with Gasteiger partial charge in [-0.05, 0) is 61.4 Å². The first kappa shape index (κ1) is 20.3. The summed E-state index contributed by atoms with van der Waals surface area (Å²) in [5, 5.41) is 15.3. The molecule has 2 aromatic carbocycles. The van der Waals surface area contributed by atoms with Crippen molar-refractivity contribution in [2.24, 2.45) is 5.73 Å². The van der Waals surface area contributed by atoms with Gasteiger partial charge in [-0.15, -0.1) is 0 Å². The van der Waals surface area contributed by atoms with Crippen LogP contribution in [-0.2, 0) is 6.54 Å². The van der Waals surface area contributed by atoms with Crippen LogP contribution in [0.1, 0.15) is 43.1 Å². The molecule has 0 aliphatic heterocycles. The van der Waals surface area contributed by atoms with E-state index in [1.165, 1.54) is 0 Å². The Kier molecular flexibility index (Phi) is 4.43. The smallest absolute Gasteiger partial charge is 0.251 e. The molecule has 5 rings (SSSR count). The van der Waals surface area contributed by atoms with Gasteiger partial charge < -0.3 is 21.2 Å². The molecule has 0 aliphatic carbocycles. The van der Waals surface area contributed by atoms with E-state index in [9.17, 15) is 14.9 Å². The lowest BCUT2D eigenvalue weighted by Gasteiger charge is -2.11. The molecule has 0 radical (unpaired) electrons. The number of hydrogen-bond acceptors (Lipinski definition) is 6. The van der Waals surface area contributed by atoms with Gasteiger partial charge in [0.2, 0.25) is 5.91 Å². The van der Waals surface area contributed by atoms with E-state index in [4.69, 9.17) is 15.9 Å². The van der Waals surface area contributed by atoms with E-state index in [1.54, 1.807) is 30.3 Å². The standard InChI is InChI=1S/C25H19N5O3/c1-11-5-21(27)30-12(2)20(11)10-29-25(32)13-3-4-15-17(6-13)23-19-8-16(24(28)31)14(9-26)7-18(19)22(15)33-23/h3-8H,10H2,1-2H3,(H2,27,30)(H2,28,31)(H,29,32). The van der Waals surface area contributed by atoms with Gasteiger partial charge in [0.25, 0.3) is 5.91 Å². The number of nitrogen functional groups attached to an aromatic ring is 1. The molecule has 2 amide bonds. The Balaban J connectivity index is 1.53. The Labute approximate surface area is 188 Å². The third-order valence-electron chi connectivity index (χ3n) is 6.01. The summed E-state index contributed by atoms with van der Waals surface area (Å²) in [6.45, 7) is 4.12. The third-order valence-corrected chi connectivity index (χ3v) is 6.01. The van der Waals surface area contributed by atoms with Crippen LogP contribution in [0, 0.1) is 25.2 Å². The van der Waals surface area contributed by atoms with Crippen molar-refractivity contribution in [1.29, 1.82) is 5.26 Å². The van der Waals surface area contributed by atoms with Gasteiger partial charge in [0.1, 0.15) is 17.0 Å². The molecule has 0 unspecified atom stereocenters. The number of benzene rings is 3. The summed E-state index contributed by atoms with van der Waals surface area (Å²) in [6, 6.07) is 12.3. The molecule has 0 saturated carbocycles. The molecule has 162 valence electrons. The van der Waals surface area contributed by atoms with Gasteiger partial charge in [-0.1, -0.05) is 0 Å². The van der Waals surface area contributed by atoms with E-state index in [0.717, 1.165) is 33.0 Å². The summed E-state index contributed by atoms with van der Waals surface area (Å²) in [5.41, 5.74) is 15.8. The number of nitrogens with zero attached hydrogens (tertiary/aromatic N) is 2. The van der Waals surface area contributed by atoms with Crippen molar-refractivity contribution in [3.63, 3.8) is 0 Å². The largest absolute Gasteiger partial charge is 0.455 e. The number of nitrogens with one attached hydrogen (secondary N) is 1. The number of primary amides is 1. The molecule has 8 heteroatoms. The molecule has 8 nitrogen and oxygen atoms in total. The Bertz CT molecular complexity index is 1640. The van der Waals surface area contributed by atoms with Crippen LogP contribution in [0.5, 0.6) is 0 Å². The van der Waals surface area contributed by atoms with Crippen molar-refractivity contribution in [1.82, 2.24) is 10.3 Å². The maximum Gasteiger partial charge on any atom is 0.251 e. The van der Waals surface area contributed by atoms with E-state index in [0.29, 0.717) is 34.5 Å². The third kappa shape index (κ3) is 3.10. The van der Waals surface area contributed by atoms with E-state index in [-0.39, 0.29) is 17.0 Å². The summed E-state index contributed by atoms with van der Waals surface area (Å²) < 4.78 is 5.97. The van der Waals surface area contributed by atoms with Gasteiger partial charge in [0, 0.05) is 39.3 Å². The Morgan fingerprint density at radius 3 is 2.45 bits per heavy atom. The Hall–Kier alpha value is -4.64. The molecule has 5 N–H and O–H groups in total. The molecule has 0 fully saturated rings. The number of pyridine rings is 1. The van der Waals surface area contributed by atoms with Crippen molar-refractivity contribution in [3.05, 3.63) is 69.9 Å². The average Bonchev–Trinajstić information content (AvgIpc) is 3.33. The predicted octanol–water partition coefficient (Wildman–Crippen LogP) is 3.67. The fourth-order valence-corrected chi connectivity index (χ4v) is 4.38. The van der Waals surface area contributed by atoms with Crippen LogP contribution in [0.4, 0.5) is 5.82 Å². The normalized spacial score (nSPS) is 11.3. The highest BCUT2D eigenvalue weighted by atomic mass is 16.3. The van der Waals surface area contributed by atoms with Crippen molar-refractivity contribution < 1.29 is 14.0 Å². The second-order valence-electron chi connectivity index (χ2n) is 8.05. The highest BCUT2D eigenvalue weighted by molar-refractivity contribution is 6.26. The summed E-state index contributed by atoms with van der Waals surface area (Å²) in [7, 11) is 0. The van der Waals surface area contributed by atoms with Crippen LogP contribution in [0.3, 0.4) is 0 Å². The van der Waals surface area contributed by atoms with Crippen LogP contribution in [0.25, 0.3) is 32.7 Å². The van der Waals surface area contributed by atoms with E-state index in [1.807, 2.05) is 26.0 Å². The molecule has 0 spiro atoms. The Morgan fingerprint density at radius 1 is 1.06 bits per heavy atom. The van der Waals surface area contributed by atoms with Crippen molar-refractivity contribution in [2.75, 3.05) is 5.73 Å². The molecule has 33 heavy (non-hydrogen) atoms. The number of anilines is 1. The number of aryl methyl sites for hydroxylation is 2. The van der Waals surface area contributed by atoms with Gasteiger partial charge >= 0.3 is 0 Å². The quantitative estimate of drug-likeness (QED) is 0.365. The van der Waals surface area contributed by atoms with Crippen LogP contribution >= 0.6 is 0 Å². The number of aromatic nitrogens is 1. The summed E-state index contributed by atoms with van der Waals surface area (Å²) >= 11 is 0. The summed E-state index contributed by atoms with van der Waals surface area (Å²) in [6.07, 6.45) is 0. The van der Waals surface area contributed by atoms with Crippen molar-refractivity contribution >= 4 is 50.3 Å². The number of carbonyl (C=O) groups is 2.